The molecule has 0 radical (unpaired) electrons. The highest BCUT2D eigenvalue weighted by atomic mass is 16.5. The van der Waals surface area contributed by atoms with Crippen LogP contribution in [0, 0.1) is 0 Å². The van der Waals surface area contributed by atoms with Gasteiger partial charge in [-0.1, -0.05) is 61.9 Å². The highest BCUT2D eigenvalue weighted by molar-refractivity contribution is 5.84. The molecule has 0 aromatic heterocycles. The fraction of sp³-hybridized carbons (Fsp3) is 0.423. The molecule has 8 heteroatoms. The summed E-state index contributed by atoms with van der Waals surface area (Å²) in [7, 11) is 1.47. The molecule has 1 aliphatic carbocycles. The van der Waals surface area contributed by atoms with Crippen molar-refractivity contribution in [2.75, 3.05) is 20.3 Å². The van der Waals surface area contributed by atoms with Crippen molar-refractivity contribution in [3.63, 3.8) is 0 Å². The van der Waals surface area contributed by atoms with Crippen LogP contribution in [0.1, 0.15) is 49.7 Å². The molecule has 0 fully saturated rings. The molecule has 0 spiro atoms. The average Bonchev–Trinajstić information content (AvgIpc) is 3.14. The summed E-state index contributed by atoms with van der Waals surface area (Å²) >= 11 is 0. The van der Waals surface area contributed by atoms with E-state index in [1.54, 1.807) is 0 Å². The molecule has 34 heavy (non-hydrogen) atoms. The van der Waals surface area contributed by atoms with E-state index in [1.807, 2.05) is 43.3 Å². The van der Waals surface area contributed by atoms with Crippen molar-refractivity contribution in [3.05, 3.63) is 59.7 Å². The summed E-state index contributed by atoms with van der Waals surface area (Å²) in [6, 6.07) is 14.7. The Balaban J connectivity index is 1.57. The number of fused-ring (bicyclic) bond motifs is 3. The number of rotatable bonds is 12. The predicted molar refractivity (Wildman–Crippen MR) is 128 cm³/mol. The van der Waals surface area contributed by atoms with Gasteiger partial charge in [0.05, 0.1) is 0 Å². The summed E-state index contributed by atoms with van der Waals surface area (Å²) < 4.78 is 10.5. The van der Waals surface area contributed by atoms with Crippen LogP contribution < -0.4 is 10.6 Å². The van der Waals surface area contributed by atoms with Crippen molar-refractivity contribution in [1.82, 2.24) is 10.6 Å². The Bertz CT molecular complexity index is 963. The molecule has 0 saturated carbocycles. The maximum Gasteiger partial charge on any atom is 0.407 e. The number of benzene rings is 2. The zero-order valence-corrected chi connectivity index (χ0v) is 19.6. The first-order valence-electron chi connectivity index (χ1n) is 11.6. The van der Waals surface area contributed by atoms with E-state index in [2.05, 4.69) is 22.8 Å². The third-order valence-corrected chi connectivity index (χ3v) is 5.98. The van der Waals surface area contributed by atoms with Gasteiger partial charge in [-0.25, -0.2) is 9.59 Å². The number of hydrogen-bond acceptors (Lipinski definition) is 5. The normalized spacial score (nSPS) is 13.9. The van der Waals surface area contributed by atoms with Gasteiger partial charge in [0, 0.05) is 38.5 Å². The predicted octanol–water partition coefficient (Wildman–Crippen LogP) is 3.69. The number of carboxylic acid groups (broad SMARTS) is 1. The minimum Gasteiger partial charge on any atom is -0.480 e. The molecule has 182 valence electrons. The van der Waals surface area contributed by atoms with Crippen molar-refractivity contribution in [2.24, 2.45) is 0 Å². The molecule has 3 N–H and O–H groups in total. The van der Waals surface area contributed by atoms with Gasteiger partial charge < -0.3 is 25.2 Å². The van der Waals surface area contributed by atoms with E-state index < -0.39 is 30.1 Å². The molecule has 2 atom stereocenters. The molecule has 0 bridgehead atoms. The summed E-state index contributed by atoms with van der Waals surface area (Å²) in [6.07, 6.45) is 0.841. The molecule has 3 rings (SSSR count). The Morgan fingerprint density at radius 2 is 1.59 bits per heavy atom. The van der Waals surface area contributed by atoms with Crippen LogP contribution in [0.25, 0.3) is 11.1 Å². The van der Waals surface area contributed by atoms with Gasteiger partial charge in [-0.15, -0.1) is 0 Å². The maximum atomic E-state index is 12.6. The Morgan fingerprint density at radius 3 is 2.15 bits per heavy atom. The molecule has 0 heterocycles. The number of amides is 2. The van der Waals surface area contributed by atoms with Crippen molar-refractivity contribution in [2.45, 2.75) is 50.6 Å². The Kier molecular flexibility index (Phi) is 9.04. The number of ether oxygens (including phenoxy) is 2. The van der Waals surface area contributed by atoms with Crippen LogP contribution in [0.2, 0.25) is 0 Å². The van der Waals surface area contributed by atoms with Crippen molar-refractivity contribution < 1.29 is 29.0 Å². The molecule has 2 aromatic rings. The van der Waals surface area contributed by atoms with Crippen LogP contribution in [0.15, 0.2) is 48.5 Å². The van der Waals surface area contributed by atoms with Crippen molar-refractivity contribution >= 4 is 18.0 Å². The molecule has 2 unspecified atom stereocenters. The number of carbonyl (C=O) groups is 3. The lowest BCUT2D eigenvalue weighted by molar-refractivity contribution is -0.142. The summed E-state index contributed by atoms with van der Waals surface area (Å²) in [5.74, 6) is -1.62. The van der Waals surface area contributed by atoms with Gasteiger partial charge >= 0.3 is 12.1 Å². The van der Waals surface area contributed by atoms with E-state index in [1.165, 1.54) is 7.11 Å². The van der Waals surface area contributed by atoms with Crippen LogP contribution >= 0.6 is 0 Å². The number of nitrogens with one attached hydrogen (secondary N) is 2. The second kappa shape index (κ2) is 12.2. The van der Waals surface area contributed by atoms with Crippen molar-refractivity contribution in [1.29, 1.82) is 0 Å². The lowest BCUT2D eigenvalue weighted by atomic mass is 9.98. The first-order valence-corrected chi connectivity index (χ1v) is 11.6. The first kappa shape index (κ1) is 25.2. The highest BCUT2D eigenvalue weighted by Gasteiger charge is 2.29. The zero-order chi connectivity index (χ0) is 24.5. The summed E-state index contributed by atoms with van der Waals surface area (Å²) in [5.41, 5.74) is 4.54. The number of carbonyl (C=O) groups excluding carboxylic acids is 2. The van der Waals surface area contributed by atoms with Crippen LogP contribution in [-0.2, 0) is 19.1 Å². The number of aliphatic carboxylic acids is 1. The summed E-state index contributed by atoms with van der Waals surface area (Å²) in [4.78, 5) is 36.4. The number of carboxylic acids is 1. The molecular weight excluding hydrogens is 436 g/mol. The Hall–Kier alpha value is -3.39. The average molecular weight is 469 g/mol. The fourth-order valence-corrected chi connectivity index (χ4v) is 4.35. The number of hydrogen-bond donors (Lipinski definition) is 3. The van der Waals surface area contributed by atoms with Gasteiger partial charge in [-0.3, -0.25) is 4.79 Å². The topological polar surface area (TPSA) is 114 Å². The lowest BCUT2D eigenvalue weighted by Gasteiger charge is -2.20. The van der Waals surface area contributed by atoms with Gasteiger partial charge in [-0.05, 0) is 28.7 Å². The minimum atomic E-state index is -1.12. The molecule has 8 nitrogen and oxygen atoms in total. The highest BCUT2D eigenvalue weighted by Crippen LogP contribution is 2.44. The molecular formula is C26H32N2O6. The van der Waals surface area contributed by atoms with Gasteiger partial charge in [0.15, 0.2) is 0 Å². The van der Waals surface area contributed by atoms with Crippen LogP contribution in [0.4, 0.5) is 4.79 Å². The van der Waals surface area contributed by atoms with Crippen LogP contribution in [-0.4, -0.2) is 55.5 Å². The zero-order valence-electron chi connectivity index (χ0n) is 19.6. The number of methoxy groups -OCH3 is 1. The molecule has 2 aromatic carbocycles. The summed E-state index contributed by atoms with van der Waals surface area (Å²) in [6.45, 7) is 2.35. The molecule has 1 aliphatic rings. The van der Waals surface area contributed by atoms with E-state index in [4.69, 9.17) is 9.47 Å². The van der Waals surface area contributed by atoms with Crippen LogP contribution in [0.5, 0.6) is 0 Å². The van der Waals surface area contributed by atoms with E-state index in [9.17, 15) is 19.5 Å². The minimum absolute atomic E-state index is 0.0329. The SMILES string of the molecule is CCCC(CC(=O)NC(CCOC)C(=O)O)NC(=O)OCC1c2ccccc2-c2ccccc21. The van der Waals surface area contributed by atoms with Gasteiger partial charge in [0.25, 0.3) is 0 Å². The largest absolute Gasteiger partial charge is 0.480 e. The maximum absolute atomic E-state index is 12.6. The van der Waals surface area contributed by atoms with E-state index in [0.29, 0.717) is 6.42 Å². The van der Waals surface area contributed by atoms with Gasteiger partial charge in [0.2, 0.25) is 5.91 Å². The van der Waals surface area contributed by atoms with Gasteiger partial charge in [0.1, 0.15) is 12.6 Å². The third kappa shape index (κ3) is 6.35. The summed E-state index contributed by atoms with van der Waals surface area (Å²) in [5, 5.41) is 14.6. The second-order valence-corrected chi connectivity index (χ2v) is 8.40. The number of alkyl carbamates (subject to hydrolysis) is 1. The van der Waals surface area contributed by atoms with Crippen LogP contribution in [0.3, 0.4) is 0 Å². The third-order valence-electron chi connectivity index (χ3n) is 5.98. The Morgan fingerprint density at radius 1 is 0.971 bits per heavy atom. The molecule has 2 amide bonds. The lowest BCUT2D eigenvalue weighted by Crippen LogP contribution is -2.45. The van der Waals surface area contributed by atoms with E-state index in [-0.39, 0.29) is 32.0 Å². The first-order chi connectivity index (χ1) is 16.4. The van der Waals surface area contributed by atoms with E-state index in [0.717, 1.165) is 28.7 Å². The van der Waals surface area contributed by atoms with E-state index >= 15 is 0 Å². The molecule has 0 saturated heterocycles. The smallest absolute Gasteiger partial charge is 0.407 e. The standard InChI is InChI=1S/C26H32N2O6/c1-3-8-17(15-24(29)28-23(25(30)31)13-14-33-2)27-26(32)34-16-22-20-11-6-4-9-18(20)19-10-5-7-12-21(19)22/h4-7,9-12,17,22-23H,3,8,13-16H2,1-2H3,(H,27,32)(H,28,29)(H,30,31). The monoisotopic (exact) mass is 468 g/mol. The van der Waals surface area contributed by atoms with Crippen molar-refractivity contribution in [3.8, 4) is 11.1 Å². The fourth-order valence-electron chi connectivity index (χ4n) is 4.35. The Labute approximate surface area is 199 Å². The molecule has 0 aliphatic heterocycles. The quantitative estimate of drug-likeness (QED) is 0.438. The van der Waals surface area contributed by atoms with Gasteiger partial charge in [-0.2, -0.15) is 0 Å². The second-order valence-electron chi connectivity index (χ2n) is 8.40.